The molecule has 0 saturated heterocycles. The molecule has 2 rings (SSSR count). The van der Waals surface area contributed by atoms with Crippen LogP contribution in [-0.4, -0.2) is 18.6 Å². The Morgan fingerprint density at radius 3 is 2.56 bits per heavy atom. The monoisotopic (exact) mass is 384 g/mol. The molecule has 0 aliphatic rings. The Kier molecular flexibility index (Phi) is 10.3. The summed E-state index contributed by atoms with van der Waals surface area (Å²) in [6.45, 7) is 4.51. The molecule has 0 unspecified atom stereocenters. The third-order valence-electron chi connectivity index (χ3n) is 3.70. The van der Waals surface area contributed by atoms with E-state index in [1.807, 2.05) is 18.2 Å². The molecule has 1 aromatic carbocycles. The van der Waals surface area contributed by atoms with Gasteiger partial charge in [0.15, 0.2) is 11.5 Å². The van der Waals surface area contributed by atoms with Crippen molar-refractivity contribution in [2.24, 2.45) is 0 Å². The van der Waals surface area contributed by atoms with E-state index in [4.69, 9.17) is 21.1 Å². The molecule has 25 heavy (non-hydrogen) atoms. The lowest BCUT2D eigenvalue weighted by Crippen LogP contribution is -2.14. The summed E-state index contributed by atoms with van der Waals surface area (Å²) in [5.74, 6) is 1.46. The molecule has 0 fully saturated rings. The number of ether oxygens (including phenoxy) is 2. The fourth-order valence-electron chi connectivity index (χ4n) is 2.33. The van der Waals surface area contributed by atoms with Crippen molar-refractivity contribution in [3.8, 4) is 11.5 Å². The van der Waals surface area contributed by atoms with Crippen LogP contribution in [-0.2, 0) is 13.2 Å². The third-order valence-corrected chi connectivity index (χ3v) is 3.92. The van der Waals surface area contributed by atoms with Crippen LogP contribution >= 0.6 is 24.0 Å². The Morgan fingerprint density at radius 1 is 1.08 bits per heavy atom. The summed E-state index contributed by atoms with van der Waals surface area (Å²) >= 11 is 5.79. The van der Waals surface area contributed by atoms with Crippen molar-refractivity contribution in [2.75, 3.05) is 13.7 Å². The van der Waals surface area contributed by atoms with Crippen LogP contribution in [0, 0.1) is 0 Å². The summed E-state index contributed by atoms with van der Waals surface area (Å²) in [4.78, 5) is 4.05. The highest BCUT2D eigenvalue weighted by Gasteiger charge is 2.06. The molecule has 0 aliphatic heterocycles. The molecule has 138 valence electrons. The van der Waals surface area contributed by atoms with Crippen LogP contribution in [0.2, 0.25) is 5.15 Å². The van der Waals surface area contributed by atoms with Gasteiger partial charge in [-0.15, -0.1) is 12.4 Å². The first kappa shape index (κ1) is 21.6. The summed E-state index contributed by atoms with van der Waals surface area (Å²) in [7, 11) is 1.66. The number of methoxy groups -OCH3 is 1. The first-order chi connectivity index (χ1) is 11.7. The van der Waals surface area contributed by atoms with Crippen LogP contribution in [0.1, 0.15) is 37.3 Å². The number of hydrogen-bond acceptors (Lipinski definition) is 4. The van der Waals surface area contributed by atoms with Crippen LogP contribution in [0.4, 0.5) is 0 Å². The minimum absolute atomic E-state index is 0. The lowest BCUT2D eigenvalue weighted by atomic mass is 10.2. The van der Waals surface area contributed by atoms with Gasteiger partial charge in [-0.2, -0.15) is 0 Å². The normalized spacial score (nSPS) is 10.2. The maximum Gasteiger partial charge on any atom is 0.161 e. The molecule has 1 N–H and O–H groups in total. The van der Waals surface area contributed by atoms with Crippen molar-refractivity contribution in [3.63, 3.8) is 0 Å². The van der Waals surface area contributed by atoms with Gasteiger partial charge in [-0.1, -0.05) is 43.5 Å². The van der Waals surface area contributed by atoms with E-state index in [0.29, 0.717) is 11.8 Å². The third kappa shape index (κ3) is 7.51. The lowest BCUT2D eigenvalue weighted by Gasteiger charge is -2.13. The number of halogens is 2. The van der Waals surface area contributed by atoms with Crippen LogP contribution in [0.15, 0.2) is 36.5 Å². The number of nitrogens with one attached hydrogen (secondary N) is 1. The molecule has 0 bridgehead atoms. The summed E-state index contributed by atoms with van der Waals surface area (Å²) < 4.78 is 11.3. The predicted molar refractivity (Wildman–Crippen MR) is 105 cm³/mol. The molecule has 1 heterocycles. The number of benzene rings is 1. The van der Waals surface area contributed by atoms with Gasteiger partial charge in [-0.3, -0.25) is 0 Å². The van der Waals surface area contributed by atoms with Gasteiger partial charge in [0.25, 0.3) is 0 Å². The van der Waals surface area contributed by atoms with Gasteiger partial charge in [0.2, 0.25) is 0 Å². The Hall–Kier alpha value is -1.49. The van der Waals surface area contributed by atoms with E-state index < -0.39 is 0 Å². The molecule has 0 radical (unpaired) electrons. The fraction of sp³-hybridized carbons (Fsp3) is 0.421. The summed E-state index contributed by atoms with van der Waals surface area (Å²) in [6.07, 6.45) is 5.43. The maximum absolute atomic E-state index is 5.84. The smallest absolute Gasteiger partial charge is 0.161 e. The minimum atomic E-state index is 0. The van der Waals surface area contributed by atoms with Crippen LogP contribution in [0.25, 0.3) is 0 Å². The van der Waals surface area contributed by atoms with Gasteiger partial charge < -0.3 is 14.8 Å². The van der Waals surface area contributed by atoms with E-state index >= 15 is 0 Å². The molecule has 0 aliphatic carbocycles. The molecule has 0 atom stereocenters. The van der Waals surface area contributed by atoms with E-state index in [1.54, 1.807) is 19.4 Å². The Bertz CT molecular complexity index is 621. The molecule has 1 aromatic heterocycles. The predicted octanol–water partition coefficient (Wildman–Crippen LogP) is 5.02. The largest absolute Gasteiger partial charge is 0.493 e. The first-order valence-corrected chi connectivity index (χ1v) is 8.71. The second-order valence-electron chi connectivity index (χ2n) is 5.65. The lowest BCUT2D eigenvalue weighted by molar-refractivity contribution is 0.284. The molecule has 0 amide bonds. The molecule has 2 aromatic rings. The van der Waals surface area contributed by atoms with Gasteiger partial charge >= 0.3 is 0 Å². The fourth-order valence-corrected chi connectivity index (χ4v) is 2.44. The second kappa shape index (κ2) is 12.0. The van der Waals surface area contributed by atoms with E-state index in [9.17, 15) is 0 Å². The highest BCUT2D eigenvalue weighted by atomic mass is 35.5. The van der Waals surface area contributed by atoms with Crippen molar-refractivity contribution in [3.05, 3.63) is 52.8 Å². The zero-order valence-electron chi connectivity index (χ0n) is 14.8. The molecule has 0 spiro atoms. The highest BCUT2D eigenvalue weighted by molar-refractivity contribution is 6.29. The number of rotatable bonds is 10. The Balaban J connectivity index is 0.00000312. The van der Waals surface area contributed by atoms with Gasteiger partial charge in [0.05, 0.1) is 7.11 Å². The molecule has 6 heteroatoms. The molecular formula is C19H26Cl2N2O2. The Labute approximate surface area is 161 Å². The van der Waals surface area contributed by atoms with Crippen molar-refractivity contribution >= 4 is 24.0 Å². The number of nitrogens with zero attached hydrogens (tertiary/aromatic N) is 1. The van der Waals surface area contributed by atoms with E-state index in [0.717, 1.165) is 30.2 Å². The summed E-state index contributed by atoms with van der Waals surface area (Å²) in [5.41, 5.74) is 2.15. The second-order valence-corrected chi connectivity index (χ2v) is 6.03. The molecule has 4 nitrogen and oxygen atoms in total. The average molecular weight is 385 g/mol. The number of unbranched alkanes of at least 4 members (excludes halogenated alkanes) is 2. The number of aromatic nitrogens is 1. The van der Waals surface area contributed by atoms with Gasteiger partial charge in [-0.25, -0.2) is 4.98 Å². The van der Waals surface area contributed by atoms with E-state index in [2.05, 4.69) is 23.3 Å². The van der Waals surface area contributed by atoms with Crippen LogP contribution in [0.3, 0.4) is 0 Å². The van der Waals surface area contributed by atoms with Gasteiger partial charge in [-0.05, 0) is 36.7 Å². The van der Waals surface area contributed by atoms with E-state index in [1.165, 1.54) is 24.8 Å². The van der Waals surface area contributed by atoms with Crippen molar-refractivity contribution in [2.45, 2.75) is 39.3 Å². The SMILES string of the molecule is CCCCCNCc1ccc(OCc2ccc(Cl)nc2)c(OC)c1.Cl. The van der Waals surface area contributed by atoms with Crippen molar-refractivity contribution < 1.29 is 9.47 Å². The quantitative estimate of drug-likeness (QED) is 0.461. The van der Waals surface area contributed by atoms with Gasteiger partial charge in [0, 0.05) is 18.3 Å². The number of hydrogen-bond donors (Lipinski definition) is 1. The molecular weight excluding hydrogens is 359 g/mol. The Morgan fingerprint density at radius 2 is 1.88 bits per heavy atom. The first-order valence-electron chi connectivity index (χ1n) is 8.33. The molecule has 0 saturated carbocycles. The van der Waals surface area contributed by atoms with Crippen LogP contribution in [0.5, 0.6) is 11.5 Å². The number of pyridine rings is 1. The van der Waals surface area contributed by atoms with Gasteiger partial charge in [0.1, 0.15) is 11.8 Å². The summed E-state index contributed by atoms with van der Waals surface area (Å²) in [6, 6.07) is 9.68. The zero-order valence-corrected chi connectivity index (χ0v) is 16.3. The standard InChI is InChI=1S/C19H25ClN2O2.ClH/c1-3-4-5-10-21-12-15-6-8-17(18(11-15)23-2)24-14-16-7-9-19(20)22-13-16;/h6-9,11,13,21H,3-5,10,12,14H2,1-2H3;1H. The van der Waals surface area contributed by atoms with Crippen molar-refractivity contribution in [1.29, 1.82) is 0 Å². The van der Waals surface area contributed by atoms with Crippen LogP contribution < -0.4 is 14.8 Å². The minimum Gasteiger partial charge on any atom is -0.493 e. The topological polar surface area (TPSA) is 43.4 Å². The highest BCUT2D eigenvalue weighted by Crippen LogP contribution is 2.28. The maximum atomic E-state index is 5.84. The average Bonchev–Trinajstić information content (AvgIpc) is 2.61. The zero-order chi connectivity index (χ0) is 17.2. The van der Waals surface area contributed by atoms with E-state index in [-0.39, 0.29) is 12.4 Å². The summed E-state index contributed by atoms with van der Waals surface area (Å²) in [5, 5.41) is 3.93. The van der Waals surface area contributed by atoms with Crippen molar-refractivity contribution in [1.82, 2.24) is 10.3 Å².